The zero-order valence-electron chi connectivity index (χ0n) is 20.4. The molecule has 2 aromatic carbocycles. The first-order chi connectivity index (χ1) is 16.1. The van der Waals surface area contributed by atoms with Gasteiger partial charge in [-0.25, -0.2) is 0 Å². The van der Waals surface area contributed by atoms with E-state index in [1.54, 1.807) is 23.1 Å². The quantitative estimate of drug-likeness (QED) is 0.538. The molecule has 180 valence electrons. The summed E-state index contributed by atoms with van der Waals surface area (Å²) in [6, 6.07) is 13.2. The molecule has 2 aliphatic rings. The van der Waals surface area contributed by atoms with Crippen LogP contribution in [0.2, 0.25) is 5.02 Å². The number of anilines is 1. The van der Waals surface area contributed by atoms with Crippen LogP contribution in [-0.4, -0.2) is 24.4 Å². The molecule has 2 aromatic rings. The summed E-state index contributed by atoms with van der Waals surface area (Å²) in [5.74, 6) is 0.703. The maximum atomic E-state index is 13.5. The first-order valence-corrected chi connectivity index (χ1v) is 12.4. The SMILES string of the molecule is C[C@H]1CCCC[C@H]1NC(=O)CN1C(=O)/C(=C\c2ccc(Cl)cc2)Oc2ccc(C(C)(C)C)cc21. The zero-order chi connectivity index (χ0) is 24.5. The van der Waals surface area contributed by atoms with Gasteiger partial charge in [-0.3, -0.25) is 14.5 Å². The van der Waals surface area contributed by atoms with Crippen molar-refractivity contribution in [3.63, 3.8) is 0 Å². The van der Waals surface area contributed by atoms with Crippen molar-refractivity contribution in [1.82, 2.24) is 5.32 Å². The van der Waals surface area contributed by atoms with Crippen molar-refractivity contribution in [2.45, 2.75) is 64.8 Å². The van der Waals surface area contributed by atoms with Crippen molar-refractivity contribution in [2.24, 2.45) is 5.92 Å². The van der Waals surface area contributed by atoms with E-state index in [1.807, 2.05) is 30.3 Å². The molecule has 1 saturated carbocycles. The van der Waals surface area contributed by atoms with Gasteiger partial charge in [-0.15, -0.1) is 0 Å². The average Bonchev–Trinajstić information content (AvgIpc) is 2.78. The molecular formula is C28H33ClN2O3. The molecule has 34 heavy (non-hydrogen) atoms. The first-order valence-electron chi connectivity index (χ1n) is 12.0. The summed E-state index contributed by atoms with van der Waals surface area (Å²) in [6.07, 6.45) is 6.12. The van der Waals surface area contributed by atoms with Crippen molar-refractivity contribution in [3.8, 4) is 5.75 Å². The van der Waals surface area contributed by atoms with E-state index >= 15 is 0 Å². The second-order valence-corrected chi connectivity index (χ2v) is 10.9. The third-order valence-electron chi connectivity index (χ3n) is 6.72. The Labute approximate surface area is 207 Å². The number of ether oxygens (including phenoxy) is 1. The molecule has 1 aliphatic heterocycles. The van der Waals surface area contributed by atoms with Gasteiger partial charge < -0.3 is 10.1 Å². The van der Waals surface area contributed by atoms with E-state index in [2.05, 4.69) is 33.0 Å². The Bertz CT molecular complexity index is 1100. The fourth-order valence-corrected chi connectivity index (χ4v) is 4.70. The van der Waals surface area contributed by atoms with Gasteiger partial charge in [0.15, 0.2) is 11.5 Å². The molecule has 0 spiro atoms. The van der Waals surface area contributed by atoms with Gasteiger partial charge in [0.2, 0.25) is 5.91 Å². The van der Waals surface area contributed by atoms with Crippen molar-refractivity contribution >= 4 is 35.2 Å². The van der Waals surface area contributed by atoms with Gasteiger partial charge in [0.05, 0.1) is 5.69 Å². The maximum Gasteiger partial charge on any atom is 0.294 e. The smallest absolute Gasteiger partial charge is 0.294 e. The van der Waals surface area contributed by atoms with Gasteiger partial charge in [0, 0.05) is 11.1 Å². The summed E-state index contributed by atoms with van der Waals surface area (Å²) < 4.78 is 6.03. The van der Waals surface area contributed by atoms with Crippen LogP contribution in [0.15, 0.2) is 48.2 Å². The van der Waals surface area contributed by atoms with Crippen LogP contribution in [0.3, 0.4) is 0 Å². The van der Waals surface area contributed by atoms with Crippen LogP contribution < -0.4 is 15.0 Å². The number of hydrogen-bond acceptors (Lipinski definition) is 3. The Morgan fingerprint density at radius 2 is 1.85 bits per heavy atom. The van der Waals surface area contributed by atoms with Gasteiger partial charge in [0.25, 0.3) is 5.91 Å². The molecule has 0 saturated heterocycles. The maximum absolute atomic E-state index is 13.5. The number of halogens is 1. The number of benzene rings is 2. The van der Waals surface area contributed by atoms with E-state index in [0.29, 0.717) is 22.4 Å². The monoisotopic (exact) mass is 480 g/mol. The lowest BCUT2D eigenvalue weighted by Gasteiger charge is -2.33. The van der Waals surface area contributed by atoms with Crippen molar-refractivity contribution in [1.29, 1.82) is 0 Å². The van der Waals surface area contributed by atoms with Crippen LogP contribution in [0.5, 0.6) is 5.75 Å². The topological polar surface area (TPSA) is 58.6 Å². The lowest BCUT2D eigenvalue weighted by molar-refractivity contribution is -0.124. The number of carbonyl (C=O) groups is 2. The van der Waals surface area contributed by atoms with E-state index in [4.69, 9.17) is 16.3 Å². The van der Waals surface area contributed by atoms with Crippen LogP contribution in [0.1, 0.15) is 64.5 Å². The summed E-state index contributed by atoms with van der Waals surface area (Å²) in [6.45, 7) is 8.49. The van der Waals surface area contributed by atoms with Crippen molar-refractivity contribution in [2.75, 3.05) is 11.4 Å². The summed E-state index contributed by atoms with van der Waals surface area (Å²) >= 11 is 6.00. The van der Waals surface area contributed by atoms with Gasteiger partial charge in [0.1, 0.15) is 6.54 Å². The number of hydrogen-bond donors (Lipinski definition) is 1. The molecule has 0 aromatic heterocycles. The Hall–Kier alpha value is -2.79. The van der Waals surface area contributed by atoms with Crippen molar-refractivity contribution < 1.29 is 14.3 Å². The minimum atomic E-state index is -0.333. The van der Waals surface area contributed by atoms with E-state index in [0.717, 1.165) is 30.4 Å². The minimum absolute atomic E-state index is 0.0516. The van der Waals surface area contributed by atoms with Gasteiger partial charge >= 0.3 is 0 Å². The van der Waals surface area contributed by atoms with E-state index in [1.165, 1.54) is 6.42 Å². The van der Waals surface area contributed by atoms with Crippen LogP contribution in [0.4, 0.5) is 5.69 Å². The number of nitrogens with zero attached hydrogens (tertiary/aromatic N) is 1. The molecule has 2 atom stereocenters. The third-order valence-corrected chi connectivity index (χ3v) is 6.97. The highest BCUT2D eigenvalue weighted by Crippen LogP contribution is 2.39. The van der Waals surface area contributed by atoms with Gasteiger partial charge in [-0.05, 0) is 65.6 Å². The van der Waals surface area contributed by atoms with E-state index in [9.17, 15) is 9.59 Å². The van der Waals surface area contributed by atoms with Crippen LogP contribution in [-0.2, 0) is 15.0 Å². The molecule has 4 rings (SSSR count). The highest BCUT2D eigenvalue weighted by Gasteiger charge is 2.34. The van der Waals surface area contributed by atoms with Crippen LogP contribution in [0.25, 0.3) is 6.08 Å². The van der Waals surface area contributed by atoms with Crippen LogP contribution >= 0.6 is 11.6 Å². The van der Waals surface area contributed by atoms with E-state index in [-0.39, 0.29) is 35.6 Å². The number of fused-ring (bicyclic) bond motifs is 1. The second-order valence-electron chi connectivity index (χ2n) is 10.4. The largest absolute Gasteiger partial charge is 0.449 e. The second kappa shape index (κ2) is 9.83. The molecule has 1 N–H and O–H groups in total. The zero-order valence-corrected chi connectivity index (χ0v) is 21.1. The van der Waals surface area contributed by atoms with E-state index < -0.39 is 0 Å². The van der Waals surface area contributed by atoms with Crippen LogP contribution in [0, 0.1) is 5.92 Å². The predicted molar refractivity (Wildman–Crippen MR) is 137 cm³/mol. The molecule has 1 aliphatic carbocycles. The standard InChI is InChI=1S/C28H33ClN2O3/c1-18-7-5-6-8-22(18)30-26(32)17-31-23-16-20(28(2,3)4)11-14-24(23)34-25(27(31)33)15-19-9-12-21(29)13-10-19/h9-16,18,22H,5-8,17H2,1-4H3,(H,30,32)/b25-15+/t18-,22+/m0/s1. The summed E-state index contributed by atoms with van der Waals surface area (Å²) in [4.78, 5) is 28.2. The van der Waals surface area contributed by atoms with Gasteiger partial charge in [-0.2, -0.15) is 0 Å². The summed E-state index contributed by atoms with van der Waals surface area (Å²) in [7, 11) is 0. The Morgan fingerprint density at radius 3 is 2.53 bits per heavy atom. The number of nitrogens with one attached hydrogen (secondary N) is 1. The summed E-state index contributed by atoms with van der Waals surface area (Å²) in [5, 5.41) is 3.79. The average molecular weight is 481 g/mol. The summed E-state index contributed by atoms with van der Waals surface area (Å²) in [5.41, 5.74) is 2.38. The molecule has 1 fully saturated rings. The van der Waals surface area contributed by atoms with Crippen molar-refractivity contribution in [3.05, 3.63) is 64.4 Å². The first kappa shape index (κ1) is 24.3. The fraction of sp³-hybridized carbons (Fsp3) is 0.429. The molecule has 0 unspecified atom stereocenters. The minimum Gasteiger partial charge on any atom is -0.449 e. The highest BCUT2D eigenvalue weighted by atomic mass is 35.5. The van der Waals surface area contributed by atoms with Gasteiger partial charge in [-0.1, -0.05) is 70.3 Å². The third kappa shape index (κ3) is 5.47. The lowest BCUT2D eigenvalue weighted by atomic mass is 9.86. The molecule has 0 bridgehead atoms. The number of amides is 2. The lowest BCUT2D eigenvalue weighted by Crippen LogP contribution is -2.48. The normalized spacial score (nSPS) is 21.7. The number of carbonyl (C=O) groups excluding carboxylic acids is 2. The predicted octanol–water partition coefficient (Wildman–Crippen LogP) is 6.10. The molecule has 2 amide bonds. The Morgan fingerprint density at radius 1 is 1.15 bits per heavy atom. The highest BCUT2D eigenvalue weighted by molar-refractivity contribution is 6.30. The molecule has 0 radical (unpaired) electrons. The Kier molecular flexibility index (Phi) is 7.04. The molecule has 5 nitrogen and oxygen atoms in total. The molecule has 6 heteroatoms. The molecule has 1 heterocycles. The molecular weight excluding hydrogens is 448 g/mol. The fourth-order valence-electron chi connectivity index (χ4n) is 4.57. The number of rotatable bonds is 4. The Balaban J connectivity index is 1.66.